The van der Waals surface area contributed by atoms with Gasteiger partial charge in [0.15, 0.2) is 0 Å². The second-order valence-electron chi connectivity index (χ2n) is 3.85. The highest BCUT2D eigenvalue weighted by Crippen LogP contribution is 2.27. The second-order valence-corrected chi connectivity index (χ2v) is 3.85. The first-order chi connectivity index (χ1) is 5.81. The first kappa shape index (κ1) is 8.48. The van der Waals surface area contributed by atoms with E-state index in [1.807, 2.05) is 0 Å². The Morgan fingerprint density at radius 1 is 1.33 bits per heavy atom. The molecular formula is C9H17NO2. The van der Waals surface area contributed by atoms with Crippen LogP contribution in [-0.4, -0.2) is 38.0 Å². The van der Waals surface area contributed by atoms with Crippen LogP contribution in [-0.2, 0) is 9.47 Å². The quantitative estimate of drug-likeness (QED) is 0.577. The lowest BCUT2D eigenvalue weighted by Gasteiger charge is -2.43. The van der Waals surface area contributed by atoms with E-state index in [1.54, 1.807) is 0 Å². The van der Waals surface area contributed by atoms with Crippen LogP contribution >= 0.6 is 0 Å². The molecule has 2 rings (SSSR count). The van der Waals surface area contributed by atoms with Crippen LogP contribution in [0, 0.1) is 0 Å². The predicted octanol–water partition coefficient (Wildman–Crippen LogP) is 0.544. The number of rotatable bonds is 0. The van der Waals surface area contributed by atoms with Crippen LogP contribution in [0.2, 0.25) is 0 Å². The van der Waals surface area contributed by atoms with Crippen molar-refractivity contribution in [2.24, 2.45) is 0 Å². The minimum atomic E-state index is 0.0932. The van der Waals surface area contributed by atoms with Crippen LogP contribution in [0.15, 0.2) is 0 Å². The third-order valence-electron chi connectivity index (χ3n) is 2.73. The maximum absolute atomic E-state index is 5.97. The molecule has 0 aromatic rings. The van der Waals surface area contributed by atoms with Gasteiger partial charge >= 0.3 is 0 Å². The van der Waals surface area contributed by atoms with E-state index in [9.17, 15) is 0 Å². The third-order valence-corrected chi connectivity index (χ3v) is 2.73. The molecule has 3 heteroatoms. The largest absolute Gasteiger partial charge is 0.381 e. The molecule has 2 aliphatic rings. The van der Waals surface area contributed by atoms with E-state index in [2.05, 4.69) is 12.2 Å². The molecule has 0 radical (unpaired) electrons. The van der Waals surface area contributed by atoms with Crippen LogP contribution < -0.4 is 5.32 Å². The third kappa shape index (κ3) is 1.63. The molecule has 1 N–H and O–H groups in total. The normalized spacial score (nSPS) is 35.2. The topological polar surface area (TPSA) is 30.5 Å². The Balaban J connectivity index is 1.97. The Kier molecular flexibility index (Phi) is 2.35. The van der Waals surface area contributed by atoms with Gasteiger partial charge in [-0.3, -0.25) is 0 Å². The summed E-state index contributed by atoms with van der Waals surface area (Å²) in [6.07, 6.45) is 2.45. The smallest absolute Gasteiger partial charge is 0.0854 e. The number of morpholine rings is 1. The number of hydrogen-bond donors (Lipinski definition) is 1. The highest BCUT2D eigenvalue weighted by molar-refractivity contribution is 4.89. The average molecular weight is 171 g/mol. The van der Waals surface area contributed by atoms with Gasteiger partial charge in [-0.15, -0.1) is 0 Å². The molecule has 2 fully saturated rings. The van der Waals surface area contributed by atoms with Gasteiger partial charge in [0.25, 0.3) is 0 Å². The Morgan fingerprint density at radius 2 is 2.08 bits per heavy atom. The molecule has 2 saturated heterocycles. The van der Waals surface area contributed by atoms with E-state index in [0.29, 0.717) is 6.10 Å². The number of nitrogens with one attached hydrogen (secondary N) is 1. The van der Waals surface area contributed by atoms with Crippen LogP contribution in [0.1, 0.15) is 19.8 Å². The van der Waals surface area contributed by atoms with Crippen molar-refractivity contribution < 1.29 is 9.47 Å². The molecule has 12 heavy (non-hydrogen) atoms. The molecule has 0 aromatic heterocycles. The standard InChI is InChI=1S/C9H17NO2/c1-8-6-10-7-9(12-8)2-4-11-5-3-9/h8,10H,2-7H2,1H3/t8-/m0/s1. The summed E-state index contributed by atoms with van der Waals surface area (Å²) in [6.45, 7) is 5.83. The van der Waals surface area contributed by atoms with Crippen molar-refractivity contribution in [3.8, 4) is 0 Å². The molecule has 1 atom stereocenters. The van der Waals surface area contributed by atoms with E-state index < -0.39 is 0 Å². The van der Waals surface area contributed by atoms with Crippen molar-refractivity contribution in [2.45, 2.75) is 31.5 Å². The number of hydrogen-bond acceptors (Lipinski definition) is 3. The summed E-state index contributed by atoms with van der Waals surface area (Å²) >= 11 is 0. The van der Waals surface area contributed by atoms with E-state index in [-0.39, 0.29) is 5.60 Å². The molecule has 2 aliphatic heterocycles. The Labute approximate surface area is 73.4 Å². The fraction of sp³-hybridized carbons (Fsp3) is 1.00. The van der Waals surface area contributed by atoms with Gasteiger partial charge in [-0.1, -0.05) is 0 Å². The zero-order valence-electron chi connectivity index (χ0n) is 7.64. The van der Waals surface area contributed by atoms with E-state index in [4.69, 9.17) is 9.47 Å². The minimum Gasteiger partial charge on any atom is -0.381 e. The summed E-state index contributed by atoms with van der Waals surface area (Å²) in [5.41, 5.74) is 0.0932. The summed E-state index contributed by atoms with van der Waals surface area (Å²) in [7, 11) is 0. The van der Waals surface area contributed by atoms with Gasteiger partial charge < -0.3 is 14.8 Å². The van der Waals surface area contributed by atoms with Crippen molar-refractivity contribution in [3.63, 3.8) is 0 Å². The Bertz CT molecular complexity index is 149. The molecule has 1 spiro atoms. The molecule has 0 bridgehead atoms. The second kappa shape index (κ2) is 3.32. The first-order valence-electron chi connectivity index (χ1n) is 4.77. The van der Waals surface area contributed by atoms with Gasteiger partial charge in [-0.25, -0.2) is 0 Å². The molecule has 0 aliphatic carbocycles. The maximum atomic E-state index is 5.97. The molecule has 70 valence electrons. The monoisotopic (exact) mass is 171 g/mol. The van der Waals surface area contributed by atoms with E-state index in [0.717, 1.165) is 39.1 Å². The van der Waals surface area contributed by atoms with Gasteiger partial charge in [0.2, 0.25) is 0 Å². The molecule has 0 saturated carbocycles. The highest BCUT2D eigenvalue weighted by Gasteiger charge is 2.37. The fourth-order valence-electron chi connectivity index (χ4n) is 2.05. The average Bonchev–Trinajstić information content (AvgIpc) is 2.05. The van der Waals surface area contributed by atoms with Gasteiger partial charge in [-0.05, 0) is 6.92 Å². The van der Waals surface area contributed by atoms with Gasteiger partial charge in [0, 0.05) is 39.1 Å². The SMILES string of the molecule is C[C@H]1CNCC2(CCOCC2)O1. The zero-order valence-corrected chi connectivity index (χ0v) is 7.64. The molecule has 0 aromatic carbocycles. The lowest BCUT2D eigenvalue weighted by molar-refractivity contribution is -0.153. The van der Waals surface area contributed by atoms with Crippen LogP contribution in [0.4, 0.5) is 0 Å². The summed E-state index contributed by atoms with van der Waals surface area (Å²) < 4.78 is 11.3. The van der Waals surface area contributed by atoms with Crippen LogP contribution in [0.3, 0.4) is 0 Å². The molecule has 0 unspecified atom stereocenters. The van der Waals surface area contributed by atoms with E-state index >= 15 is 0 Å². The first-order valence-corrected chi connectivity index (χ1v) is 4.77. The summed E-state index contributed by atoms with van der Waals surface area (Å²) in [4.78, 5) is 0. The van der Waals surface area contributed by atoms with Gasteiger partial charge in [-0.2, -0.15) is 0 Å². The number of ether oxygens (including phenoxy) is 2. The molecular weight excluding hydrogens is 154 g/mol. The highest BCUT2D eigenvalue weighted by atomic mass is 16.5. The molecule has 2 heterocycles. The summed E-state index contributed by atoms with van der Waals surface area (Å²) in [6, 6.07) is 0. The van der Waals surface area contributed by atoms with Crippen molar-refractivity contribution >= 4 is 0 Å². The van der Waals surface area contributed by atoms with Gasteiger partial charge in [0.05, 0.1) is 11.7 Å². The lowest BCUT2D eigenvalue weighted by atomic mass is 9.92. The summed E-state index contributed by atoms with van der Waals surface area (Å²) in [5.74, 6) is 0. The minimum absolute atomic E-state index is 0.0932. The zero-order chi connectivity index (χ0) is 8.44. The summed E-state index contributed by atoms with van der Waals surface area (Å²) in [5, 5.41) is 3.41. The Hall–Kier alpha value is -0.120. The van der Waals surface area contributed by atoms with Crippen molar-refractivity contribution in [1.29, 1.82) is 0 Å². The molecule has 3 nitrogen and oxygen atoms in total. The van der Waals surface area contributed by atoms with Crippen molar-refractivity contribution in [3.05, 3.63) is 0 Å². The lowest BCUT2D eigenvalue weighted by Crippen LogP contribution is -2.55. The fourth-order valence-corrected chi connectivity index (χ4v) is 2.05. The predicted molar refractivity (Wildman–Crippen MR) is 46.2 cm³/mol. The van der Waals surface area contributed by atoms with Crippen molar-refractivity contribution in [2.75, 3.05) is 26.3 Å². The maximum Gasteiger partial charge on any atom is 0.0854 e. The van der Waals surface area contributed by atoms with Gasteiger partial charge in [0.1, 0.15) is 0 Å². The van der Waals surface area contributed by atoms with Crippen LogP contribution in [0.5, 0.6) is 0 Å². The van der Waals surface area contributed by atoms with Crippen molar-refractivity contribution in [1.82, 2.24) is 5.32 Å². The van der Waals surface area contributed by atoms with E-state index in [1.165, 1.54) is 0 Å². The Morgan fingerprint density at radius 3 is 2.75 bits per heavy atom. The molecule has 0 amide bonds. The van der Waals surface area contributed by atoms with Crippen LogP contribution in [0.25, 0.3) is 0 Å².